The number of amides is 1. The van der Waals surface area contributed by atoms with Crippen LogP contribution in [0.15, 0.2) is 53.4 Å². The number of rotatable bonds is 6. The van der Waals surface area contributed by atoms with E-state index in [-0.39, 0.29) is 23.2 Å². The molecule has 0 bridgehead atoms. The summed E-state index contributed by atoms with van der Waals surface area (Å²) in [6, 6.07) is 12.5. The van der Waals surface area contributed by atoms with Crippen LogP contribution in [-0.2, 0) is 21.4 Å². The molecule has 156 valence electrons. The van der Waals surface area contributed by atoms with Crippen molar-refractivity contribution >= 4 is 27.5 Å². The molecule has 2 aromatic rings. The minimum absolute atomic E-state index is 0.0897. The Hall–Kier alpha value is -2.00. The van der Waals surface area contributed by atoms with Crippen LogP contribution in [0, 0.1) is 5.82 Å². The number of benzene rings is 2. The number of nitrogens with zero attached hydrogens (tertiary/aromatic N) is 3. The van der Waals surface area contributed by atoms with Crippen molar-refractivity contribution in [1.82, 2.24) is 14.1 Å². The van der Waals surface area contributed by atoms with E-state index in [1.54, 1.807) is 23.1 Å². The molecule has 9 heteroatoms. The standard InChI is InChI=1S/C20H23ClFN3O3S/c1-23(29(27,28)18-8-6-17(21)7-9-18)15-20(26)25-12-10-24(11-13-25)14-16-4-2-3-5-19(16)22/h2-9H,10-15H2,1H3. The Morgan fingerprint density at radius 3 is 2.31 bits per heavy atom. The van der Waals surface area contributed by atoms with Crippen molar-refractivity contribution in [1.29, 1.82) is 0 Å². The Balaban J connectivity index is 1.54. The summed E-state index contributed by atoms with van der Waals surface area (Å²) in [5.74, 6) is -0.490. The summed E-state index contributed by atoms with van der Waals surface area (Å²) in [5, 5.41) is 0.441. The zero-order valence-electron chi connectivity index (χ0n) is 16.1. The first-order chi connectivity index (χ1) is 13.8. The molecule has 6 nitrogen and oxygen atoms in total. The summed E-state index contributed by atoms with van der Waals surface area (Å²) in [6.07, 6.45) is 0. The van der Waals surface area contributed by atoms with E-state index >= 15 is 0 Å². The molecule has 29 heavy (non-hydrogen) atoms. The van der Waals surface area contributed by atoms with Gasteiger partial charge in [-0.2, -0.15) is 4.31 Å². The Morgan fingerprint density at radius 1 is 1.07 bits per heavy atom. The second-order valence-corrected chi connectivity index (χ2v) is 9.44. The Labute approximate surface area is 175 Å². The van der Waals surface area contributed by atoms with Gasteiger partial charge in [-0.25, -0.2) is 12.8 Å². The molecular weight excluding hydrogens is 417 g/mol. The number of halogens is 2. The third-order valence-corrected chi connectivity index (χ3v) is 7.03. The van der Waals surface area contributed by atoms with Gasteiger partial charge in [0.25, 0.3) is 0 Å². The molecule has 0 aromatic heterocycles. The van der Waals surface area contributed by atoms with Crippen molar-refractivity contribution < 1.29 is 17.6 Å². The highest BCUT2D eigenvalue weighted by atomic mass is 35.5. The van der Waals surface area contributed by atoms with Gasteiger partial charge in [-0.05, 0) is 30.3 Å². The number of hydrogen-bond acceptors (Lipinski definition) is 4. The fourth-order valence-corrected chi connectivity index (χ4v) is 4.43. The van der Waals surface area contributed by atoms with Crippen LogP contribution in [0.4, 0.5) is 4.39 Å². The minimum atomic E-state index is -3.77. The highest BCUT2D eigenvalue weighted by molar-refractivity contribution is 7.89. The molecule has 1 aliphatic rings. The molecule has 0 unspecified atom stereocenters. The molecule has 0 N–H and O–H groups in total. The topological polar surface area (TPSA) is 60.9 Å². The maximum absolute atomic E-state index is 13.8. The monoisotopic (exact) mass is 439 g/mol. The molecule has 0 spiro atoms. The van der Waals surface area contributed by atoms with Crippen LogP contribution in [0.3, 0.4) is 0 Å². The largest absolute Gasteiger partial charge is 0.339 e. The highest BCUT2D eigenvalue weighted by Gasteiger charge is 2.27. The fourth-order valence-electron chi connectivity index (χ4n) is 3.18. The molecule has 0 radical (unpaired) electrons. The number of piperazine rings is 1. The van der Waals surface area contributed by atoms with Crippen molar-refractivity contribution in [2.75, 3.05) is 39.8 Å². The summed E-state index contributed by atoms with van der Waals surface area (Å²) in [7, 11) is -2.39. The molecule has 1 heterocycles. The van der Waals surface area contributed by atoms with E-state index in [0.717, 1.165) is 4.31 Å². The molecule has 1 fully saturated rings. The maximum atomic E-state index is 13.8. The average molecular weight is 440 g/mol. The molecule has 3 rings (SSSR count). The maximum Gasteiger partial charge on any atom is 0.243 e. The smallest absolute Gasteiger partial charge is 0.243 e. The summed E-state index contributed by atoms with van der Waals surface area (Å²) in [6.45, 7) is 2.41. The molecule has 1 aliphatic heterocycles. The Bertz CT molecular complexity index is 961. The molecule has 0 atom stereocenters. The lowest BCUT2D eigenvalue weighted by molar-refractivity contribution is -0.133. The van der Waals surface area contributed by atoms with E-state index in [9.17, 15) is 17.6 Å². The van der Waals surface area contributed by atoms with E-state index in [1.807, 2.05) is 0 Å². The fraction of sp³-hybridized carbons (Fsp3) is 0.350. The van der Waals surface area contributed by atoms with Crippen molar-refractivity contribution in [3.63, 3.8) is 0 Å². The van der Waals surface area contributed by atoms with Crippen molar-refractivity contribution in [3.05, 3.63) is 64.9 Å². The van der Waals surface area contributed by atoms with Crippen LogP contribution >= 0.6 is 11.6 Å². The van der Waals surface area contributed by atoms with Crippen molar-refractivity contribution in [2.45, 2.75) is 11.4 Å². The van der Waals surface area contributed by atoms with E-state index in [1.165, 1.54) is 37.4 Å². The van der Waals surface area contributed by atoms with Gasteiger partial charge in [-0.3, -0.25) is 9.69 Å². The molecule has 2 aromatic carbocycles. The predicted molar refractivity (Wildman–Crippen MR) is 110 cm³/mol. The highest BCUT2D eigenvalue weighted by Crippen LogP contribution is 2.18. The summed E-state index contributed by atoms with van der Waals surface area (Å²) >= 11 is 5.80. The molecule has 1 amide bonds. The zero-order chi connectivity index (χ0) is 21.0. The van der Waals surface area contributed by atoms with Gasteiger partial charge in [-0.15, -0.1) is 0 Å². The van der Waals surface area contributed by atoms with Crippen molar-refractivity contribution in [3.8, 4) is 0 Å². The van der Waals surface area contributed by atoms with Crippen LogP contribution < -0.4 is 0 Å². The van der Waals surface area contributed by atoms with Gasteiger partial charge in [0.1, 0.15) is 5.82 Å². The van der Waals surface area contributed by atoms with Gasteiger partial charge in [0.05, 0.1) is 11.4 Å². The quantitative estimate of drug-likeness (QED) is 0.693. The number of likely N-dealkylation sites (N-methyl/N-ethyl adjacent to an activating group) is 1. The third kappa shape index (κ3) is 5.33. The van der Waals surface area contributed by atoms with Crippen LogP contribution in [0.25, 0.3) is 0 Å². The van der Waals surface area contributed by atoms with Crippen LogP contribution in [-0.4, -0.2) is 68.2 Å². The van der Waals surface area contributed by atoms with E-state index < -0.39 is 10.0 Å². The van der Waals surface area contributed by atoms with Crippen LogP contribution in [0.1, 0.15) is 5.56 Å². The molecule has 1 saturated heterocycles. The SMILES string of the molecule is CN(CC(=O)N1CCN(Cc2ccccc2F)CC1)S(=O)(=O)c1ccc(Cl)cc1. The van der Waals surface area contributed by atoms with E-state index in [2.05, 4.69) is 4.90 Å². The number of sulfonamides is 1. The number of carbonyl (C=O) groups is 1. The van der Waals surface area contributed by atoms with Gasteiger partial charge in [-0.1, -0.05) is 29.8 Å². The average Bonchev–Trinajstić information content (AvgIpc) is 2.70. The van der Waals surface area contributed by atoms with Gasteiger partial charge in [0.2, 0.25) is 15.9 Å². The first kappa shape index (κ1) is 21.7. The lowest BCUT2D eigenvalue weighted by atomic mass is 10.2. The number of hydrogen-bond donors (Lipinski definition) is 0. The van der Waals surface area contributed by atoms with Gasteiger partial charge < -0.3 is 4.90 Å². The van der Waals surface area contributed by atoms with E-state index in [4.69, 9.17) is 11.6 Å². The summed E-state index contributed by atoms with van der Waals surface area (Å²) < 4.78 is 40.1. The second-order valence-electron chi connectivity index (χ2n) is 6.96. The lowest BCUT2D eigenvalue weighted by Crippen LogP contribution is -2.51. The van der Waals surface area contributed by atoms with Crippen molar-refractivity contribution in [2.24, 2.45) is 0 Å². The normalized spacial score (nSPS) is 15.7. The summed E-state index contributed by atoms with van der Waals surface area (Å²) in [4.78, 5) is 16.4. The minimum Gasteiger partial charge on any atom is -0.339 e. The second kappa shape index (κ2) is 9.21. The summed E-state index contributed by atoms with van der Waals surface area (Å²) in [5.41, 5.74) is 0.626. The van der Waals surface area contributed by atoms with Gasteiger partial charge in [0.15, 0.2) is 0 Å². The Kier molecular flexibility index (Phi) is 6.89. The van der Waals surface area contributed by atoms with Gasteiger partial charge >= 0.3 is 0 Å². The zero-order valence-corrected chi connectivity index (χ0v) is 17.7. The van der Waals surface area contributed by atoms with E-state index in [0.29, 0.717) is 43.3 Å². The van der Waals surface area contributed by atoms with Gasteiger partial charge in [0, 0.05) is 50.4 Å². The Morgan fingerprint density at radius 2 is 1.69 bits per heavy atom. The first-order valence-corrected chi connectivity index (χ1v) is 11.0. The van der Waals surface area contributed by atoms with Crippen LogP contribution in [0.5, 0.6) is 0 Å². The predicted octanol–water partition coefficient (Wildman–Crippen LogP) is 2.44. The number of carbonyl (C=O) groups excluding carboxylic acids is 1. The molecule has 0 aliphatic carbocycles. The lowest BCUT2D eigenvalue weighted by Gasteiger charge is -2.35. The molecular formula is C20H23ClFN3O3S. The van der Waals surface area contributed by atoms with Crippen LogP contribution in [0.2, 0.25) is 5.02 Å². The first-order valence-electron chi connectivity index (χ1n) is 9.23. The molecule has 0 saturated carbocycles. The third-order valence-electron chi connectivity index (χ3n) is 4.96.